The largest absolute Gasteiger partial charge is 0.340 e. The molecule has 1 N–H and O–H groups in total. The molecule has 0 bridgehead atoms. The number of carbonyl (C=O) groups excluding carboxylic acids is 1. The molecule has 0 spiro atoms. The first kappa shape index (κ1) is 20.4. The molecule has 1 fully saturated rings. The van der Waals surface area contributed by atoms with Crippen molar-refractivity contribution in [3.63, 3.8) is 0 Å². The number of amides is 1. The summed E-state index contributed by atoms with van der Waals surface area (Å²) in [5.74, 6) is 1.16. The molecule has 1 amide bonds. The molecule has 1 aliphatic rings. The Morgan fingerprint density at radius 3 is 2.30 bits per heavy atom. The summed E-state index contributed by atoms with van der Waals surface area (Å²) in [6, 6.07) is 0.563. The smallest absolute Gasteiger partial charge is 0.222 e. The fourth-order valence-corrected chi connectivity index (χ4v) is 3.07. The van der Waals surface area contributed by atoms with Gasteiger partial charge >= 0.3 is 0 Å². The summed E-state index contributed by atoms with van der Waals surface area (Å²) >= 11 is 0. The van der Waals surface area contributed by atoms with Gasteiger partial charge in [-0.05, 0) is 44.7 Å². The number of rotatable bonds is 11. The average molecular weight is 328 g/mol. The van der Waals surface area contributed by atoms with Crippen LogP contribution in [0.15, 0.2) is 0 Å². The van der Waals surface area contributed by atoms with Gasteiger partial charge < -0.3 is 10.2 Å². The van der Waals surface area contributed by atoms with Crippen LogP contribution in [-0.2, 0) is 4.79 Å². The lowest BCUT2D eigenvalue weighted by atomic mass is 10.1. The van der Waals surface area contributed by atoms with Gasteiger partial charge in [-0.25, -0.2) is 0 Å². The summed E-state index contributed by atoms with van der Waals surface area (Å²) in [5, 5.41) is 3.42. The van der Waals surface area contributed by atoms with Gasteiger partial charge in [0.2, 0.25) is 5.91 Å². The highest BCUT2D eigenvalue weighted by atomic mass is 16.2. The van der Waals surface area contributed by atoms with E-state index in [1.165, 1.54) is 25.8 Å². The lowest BCUT2D eigenvalue weighted by molar-refractivity contribution is -0.133. The molecule has 0 radical (unpaired) electrons. The number of unbranched alkanes of at least 4 members (excludes halogenated alkanes) is 2. The molecule has 0 aromatic rings. The Morgan fingerprint density at radius 1 is 1.00 bits per heavy atom. The third-order valence-corrected chi connectivity index (χ3v) is 4.60. The van der Waals surface area contributed by atoms with E-state index < -0.39 is 0 Å². The zero-order valence-electron chi connectivity index (χ0n) is 15.9. The van der Waals surface area contributed by atoms with Crippen molar-refractivity contribution in [3.05, 3.63) is 0 Å². The van der Waals surface area contributed by atoms with Crippen LogP contribution in [0, 0.1) is 5.92 Å². The molecule has 0 saturated carbocycles. The fraction of sp³-hybridized carbons (Fsp3) is 0.947. The van der Waals surface area contributed by atoms with Crippen molar-refractivity contribution < 1.29 is 6.22 Å². The predicted molar refractivity (Wildman–Crippen MR) is 101 cm³/mol. The Labute approximate surface area is 145 Å². The maximum absolute atomic E-state index is 12.2. The van der Waals surface area contributed by atoms with E-state index >= 15 is 0 Å². The summed E-state index contributed by atoms with van der Waals surface area (Å²) in [6.07, 6.45) is 6.69. The standard InChI is InChI=1S/C19H39N3O.H2/c1-17(2)9-8-12-21-13-15-22(16-14-21)19(23)10-6-5-7-11-20-18(3)4;/h17-18,20H,5-16H2,1-4H3;1H. The normalized spacial score (nSPS) is 16.5. The van der Waals surface area contributed by atoms with Crippen molar-refractivity contribution in [2.45, 2.75) is 72.3 Å². The Bertz CT molecular complexity index is 316. The highest BCUT2D eigenvalue weighted by molar-refractivity contribution is 5.76. The molecule has 4 heteroatoms. The van der Waals surface area contributed by atoms with E-state index in [-0.39, 0.29) is 1.43 Å². The first-order valence-corrected chi connectivity index (χ1v) is 9.72. The molecule has 23 heavy (non-hydrogen) atoms. The van der Waals surface area contributed by atoms with Gasteiger partial charge in [0.15, 0.2) is 0 Å². The number of hydrogen-bond acceptors (Lipinski definition) is 3. The molecule has 138 valence electrons. The second-order valence-corrected chi connectivity index (χ2v) is 7.68. The minimum absolute atomic E-state index is 0. The second-order valence-electron chi connectivity index (χ2n) is 7.68. The van der Waals surface area contributed by atoms with E-state index in [0.717, 1.165) is 57.9 Å². The number of nitrogens with one attached hydrogen (secondary N) is 1. The molecule has 0 aromatic heterocycles. The molecule has 1 aliphatic heterocycles. The van der Waals surface area contributed by atoms with Gasteiger partial charge in [0.25, 0.3) is 0 Å². The number of nitrogens with zero attached hydrogens (tertiary/aromatic N) is 2. The molecule has 0 atom stereocenters. The highest BCUT2D eigenvalue weighted by Gasteiger charge is 2.20. The zero-order chi connectivity index (χ0) is 17.1. The van der Waals surface area contributed by atoms with Crippen molar-refractivity contribution in [2.24, 2.45) is 5.92 Å². The maximum Gasteiger partial charge on any atom is 0.222 e. The van der Waals surface area contributed by atoms with E-state index in [2.05, 4.69) is 42.8 Å². The SMILES string of the molecule is CC(C)CCCN1CCN(C(=O)CCCCCNC(C)C)CC1.[HH]. The summed E-state index contributed by atoms with van der Waals surface area (Å²) in [6.45, 7) is 15.2. The van der Waals surface area contributed by atoms with E-state index in [4.69, 9.17) is 0 Å². The Kier molecular flexibility index (Phi) is 10.5. The van der Waals surface area contributed by atoms with Gasteiger partial charge in [-0.3, -0.25) is 9.69 Å². The van der Waals surface area contributed by atoms with Crippen molar-refractivity contribution in [2.75, 3.05) is 39.3 Å². The molecule has 0 unspecified atom stereocenters. The van der Waals surface area contributed by atoms with Crippen LogP contribution in [0.25, 0.3) is 0 Å². The van der Waals surface area contributed by atoms with Crippen LogP contribution in [-0.4, -0.2) is 61.0 Å². The molecule has 4 nitrogen and oxygen atoms in total. The van der Waals surface area contributed by atoms with Gasteiger partial charge in [-0.2, -0.15) is 0 Å². The fourth-order valence-electron chi connectivity index (χ4n) is 3.07. The molecule has 1 saturated heterocycles. The summed E-state index contributed by atoms with van der Waals surface area (Å²) in [7, 11) is 0. The molecule has 0 aromatic carbocycles. The van der Waals surface area contributed by atoms with Crippen LogP contribution in [0.4, 0.5) is 0 Å². The first-order valence-electron chi connectivity index (χ1n) is 9.72. The van der Waals surface area contributed by atoms with Crippen molar-refractivity contribution in [1.82, 2.24) is 15.1 Å². The summed E-state index contributed by atoms with van der Waals surface area (Å²) in [5.41, 5.74) is 0. The highest BCUT2D eigenvalue weighted by Crippen LogP contribution is 2.10. The minimum atomic E-state index is 0. The Balaban J connectivity index is 0.00000529. The van der Waals surface area contributed by atoms with Gasteiger partial charge in [0.05, 0.1) is 0 Å². The van der Waals surface area contributed by atoms with Gasteiger partial charge in [0.1, 0.15) is 0 Å². The van der Waals surface area contributed by atoms with E-state index in [0.29, 0.717) is 11.9 Å². The second kappa shape index (κ2) is 11.9. The zero-order valence-corrected chi connectivity index (χ0v) is 15.9. The average Bonchev–Trinajstić information content (AvgIpc) is 2.50. The summed E-state index contributed by atoms with van der Waals surface area (Å²) in [4.78, 5) is 16.8. The van der Waals surface area contributed by atoms with Crippen LogP contribution >= 0.6 is 0 Å². The van der Waals surface area contributed by atoms with Gasteiger partial charge in [0, 0.05) is 40.1 Å². The summed E-state index contributed by atoms with van der Waals surface area (Å²) < 4.78 is 0. The lowest BCUT2D eigenvalue weighted by Gasteiger charge is -2.35. The van der Waals surface area contributed by atoms with Crippen LogP contribution < -0.4 is 5.32 Å². The Morgan fingerprint density at radius 2 is 1.70 bits per heavy atom. The molecule has 1 heterocycles. The molecular formula is C19H41N3O. The monoisotopic (exact) mass is 327 g/mol. The number of hydrogen-bond donors (Lipinski definition) is 1. The van der Waals surface area contributed by atoms with Crippen LogP contribution in [0.3, 0.4) is 0 Å². The number of piperazine rings is 1. The molecular weight excluding hydrogens is 286 g/mol. The lowest BCUT2D eigenvalue weighted by Crippen LogP contribution is -2.48. The maximum atomic E-state index is 12.2. The topological polar surface area (TPSA) is 35.6 Å². The van der Waals surface area contributed by atoms with Crippen LogP contribution in [0.1, 0.15) is 67.6 Å². The van der Waals surface area contributed by atoms with Gasteiger partial charge in [-0.15, -0.1) is 0 Å². The quantitative estimate of drug-likeness (QED) is 0.591. The van der Waals surface area contributed by atoms with Crippen molar-refractivity contribution >= 4 is 5.91 Å². The van der Waals surface area contributed by atoms with Crippen molar-refractivity contribution in [1.29, 1.82) is 0 Å². The predicted octanol–water partition coefficient (Wildman–Crippen LogP) is 3.37. The third kappa shape index (κ3) is 9.98. The van der Waals surface area contributed by atoms with Crippen molar-refractivity contribution in [3.8, 4) is 0 Å². The first-order chi connectivity index (χ1) is 11.0. The van der Waals surface area contributed by atoms with Crippen LogP contribution in [0.5, 0.6) is 0 Å². The number of carbonyl (C=O) groups is 1. The van der Waals surface area contributed by atoms with Crippen LogP contribution in [0.2, 0.25) is 0 Å². The molecule has 0 aliphatic carbocycles. The van der Waals surface area contributed by atoms with E-state index in [1.807, 2.05) is 0 Å². The molecule has 1 rings (SSSR count). The third-order valence-electron chi connectivity index (χ3n) is 4.60. The Hall–Kier alpha value is -0.610. The van der Waals surface area contributed by atoms with E-state index in [1.54, 1.807) is 0 Å². The minimum Gasteiger partial charge on any atom is -0.340 e. The van der Waals surface area contributed by atoms with Gasteiger partial charge in [-0.1, -0.05) is 34.1 Å². The van der Waals surface area contributed by atoms with E-state index in [9.17, 15) is 4.79 Å².